The molecular formula is C18H20N2O2. The van der Waals surface area contributed by atoms with Crippen LogP contribution in [0, 0.1) is 0 Å². The molecule has 0 saturated carbocycles. The molecule has 1 saturated heterocycles. The van der Waals surface area contributed by atoms with Crippen LogP contribution in [-0.2, 0) is 11.3 Å². The number of ketones is 1. The van der Waals surface area contributed by atoms with E-state index >= 15 is 0 Å². The first-order valence-corrected chi connectivity index (χ1v) is 7.62. The molecule has 0 unspecified atom stereocenters. The number of Topliss-reactive ketones (excluding diaryl/α,β-unsaturated/α-hetero) is 1. The van der Waals surface area contributed by atoms with E-state index in [0.717, 1.165) is 25.3 Å². The Balaban J connectivity index is 1.66. The van der Waals surface area contributed by atoms with E-state index in [4.69, 9.17) is 4.74 Å². The van der Waals surface area contributed by atoms with Crippen LogP contribution in [-0.4, -0.2) is 41.5 Å². The minimum Gasteiger partial charge on any atom is -0.378 e. The van der Waals surface area contributed by atoms with Crippen molar-refractivity contribution in [3.63, 3.8) is 0 Å². The number of hydrogen-bond acceptors (Lipinski definition) is 4. The molecule has 1 aliphatic heterocycles. The lowest BCUT2D eigenvalue weighted by molar-refractivity contribution is -0.0126. The molecule has 114 valence electrons. The SMILES string of the molecule is O=C(C[C@@H]1COCCN1Cc1ccncc1)c1ccccc1. The highest BCUT2D eigenvalue weighted by Gasteiger charge is 2.25. The fourth-order valence-corrected chi connectivity index (χ4v) is 2.76. The van der Waals surface area contributed by atoms with Gasteiger partial charge in [-0.05, 0) is 17.7 Å². The van der Waals surface area contributed by atoms with E-state index in [1.165, 1.54) is 5.56 Å². The molecule has 1 aromatic carbocycles. The zero-order valence-corrected chi connectivity index (χ0v) is 12.5. The van der Waals surface area contributed by atoms with Gasteiger partial charge in [-0.2, -0.15) is 0 Å². The van der Waals surface area contributed by atoms with Gasteiger partial charge in [0.15, 0.2) is 5.78 Å². The fourth-order valence-electron chi connectivity index (χ4n) is 2.76. The minimum absolute atomic E-state index is 0.134. The normalized spacial score (nSPS) is 19.0. The molecule has 1 aliphatic rings. The molecule has 2 aromatic rings. The van der Waals surface area contributed by atoms with Crippen LogP contribution < -0.4 is 0 Å². The van der Waals surface area contributed by atoms with Crippen molar-refractivity contribution in [1.29, 1.82) is 0 Å². The lowest BCUT2D eigenvalue weighted by Gasteiger charge is -2.35. The predicted octanol–water partition coefficient (Wildman–Crippen LogP) is 2.56. The van der Waals surface area contributed by atoms with Crippen LogP contribution in [0.1, 0.15) is 22.3 Å². The summed E-state index contributed by atoms with van der Waals surface area (Å²) in [5.41, 5.74) is 1.99. The summed E-state index contributed by atoms with van der Waals surface area (Å²) in [6.07, 6.45) is 4.11. The first-order chi connectivity index (χ1) is 10.8. The minimum atomic E-state index is 0.134. The topological polar surface area (TPSA) is 42.4 Å². The highest BCUT2D eigenvalue weighted by molar-refractivity contribution is 5.96. The van der Waals surface area contributed by atoms with Crippen molar-refractivity contribution in [3.8, 4) is 0 Å². The molecule has 2 heterocycles. The number of rotatable bonds is 5. The second kappa shape index (κ2) is 7.29. The van der Waals surface area contributed by atoms with Gasteiger partial charge in [-0.1, -0.05) is 30.3 Å². The Labute approximate surface area is 130 Å². The van der Waals surface area contributed by atoms with Gasteiger partial charge in [-0.15, -0.1) is 0 Å². The monoisotopic (exact) mass is 296 g/mol. The third-order valence-corrected chi connectivity index (χ3v) is 4.00. The maximum absolute atomic E-state index is 12.4. The van der Waals surface area contributed by atoms with Crippen molar-refractivity contribution in [1.82, 2.24) is 9.88 Å². The zero-order chi connectivity index (χ0) is 15.2. The van der Waals surface area contributed by atoms with Gasteiger partial charge >= 0.3 is 0 Å². The number of hydrogen-bond donors (Lipinski definition) is 0. The number of pyridine rings is 1. The Morgan fingerprint density at radius 3 is 2.73 bits per heavy atom. The van der Waals surface area contributed by atoms with E-state index < -0.39 is 0 Å². The molecule has 1 atom stereocenters. The summed E-state index contributed by atoms with van der Waals surface area (Å²) in [4.78, 5) is 18.8. The van der Waals surface area contributed by atoms with Crippen molar-refractivity contribution in [2.24, 2.45) is 0 Å². The molecule has 3 rings (SSSR count). The van der Waals surface area contributed by atoms with Crippen LogP contribution in [0.25, 0.3) is 0 Å². The number of nitrogens with zero attached hydrogens (tertiary/aromatic N) is 2. The molecule has 1 aromatic heterocycles. The Morgan fingerprint density at radius 1 is 1.18 bits per heavy atom. The summed E-state index contributed by atoms with van der Waals surface area (Å²) in [5.74, 6) is 0.177. The molecule has 0 radical (unpaired) electrons. The molecule has 0 amide bonds. The van der Waals surface area contributed by atoms with Gasteiger partial charge in [-0.3, -0.25) is 14.7 Å². The van der Waals surface area contributed by atoms with E-state index in [1.807, 2.05) is 42.5 Å². The van der Waals surface area contributed by atoms with Crippen LogP contribution in [0.4, 0.5) is 0 Å². The van der Waals surface area contributed by atoms with Gasteiger partial charge in [-0.25, -0.2) is 0 Å². The summed E-state index contributed by atoms with van der Waals surface area (Å²) in [6.45, 7) is 3.03. The van der Waals surface area contributed by atoms with Gasteiger partial charge in [0.2, 0.25) is 0 Å². The average molecular weight is 296 g/mol. The van der Waals surface area contributed by atoms with Crippen LogP contribution in [0.3, 0.4) is 0 Å². The third kappa shape index (κ3) is 3.78. The predicted molar refractivity (Wildman–Crippen MR) is 84.6 cm³/mol. The first kappa shape index (κ1) is 14.9. The molecule has 0 N–H and O–H groups in total. The van der Waals surface area contributed by atoms with E-state index in [9.17, 15) is 4.79 Å². The van der Waals surface area contributed by atoms with Gasteiger partial charge in [0.25, 0.3) is 0 Å². The molecule has 1 fully saturated rings. The zero-order valence-electron chi connectivity index (χ0n) is 12.5. The lowest BCUT2D eigenvalue weighted by atomic mass is 10.0. The van der Waals surface area contributed by atoms with Crippen LogP contribution >= 0.6 is 0 Å². The average Bonchev–Trinajstić information content (AvgIpc) is 2.58. The lowest BCUT2D eigenvalue weighted by Crippen LogP contribution is -2.45. The van der Waals surface area contributed by atoms with E-state index in [-0.39, 0.29) is 11.8 Å². The number of carbonyl (C=O) groups is 1. The van der Waals surface area contributed by atoms with Gasteiger partial charge in [0.1, 0.15) is 0 Å². The summed E-state index contributed by atoms with van der Waals surface area (Å²) < 4.78 is 5.58. The van der Waals surface area contributed by atoms with Crippen molar-refractivity contribution >= 4 is 5.78 Å². The molecule has 0 spiro atoms. The van der Waals surface area contributed by atoms with Crippen LogP contribution in [0.15, 0.2) is 54.9 Å². The quantitative estimate of drug-likeness (QED) is 0.795. The largest absolute Gasteiger partial charge is 0.378 e. The first-order valence-electron chi connectivity index (χ1n) is 7.62. The summed E-state index contributed by atoms with van der Waals surface area (Å²) in [6, 6.07) is 13.7. The second-order valence-corrected chi connectivity index (χ2v) is 5.55. The van der Waals surface area contributed by atoms with Gasteiger partial charge in [0, 0.05) is 43.5 Å². The third-order valence-electron chi connectivity index (χ3n) is 4.00. The van der Waals surface area contributed by atoms with Crippen LogP contribution in [0.5, 0.6) is 0 Å². The molecule has 0 aliphatic carbocycles. The fraction of sp³-hybridized carbons (Fsp3) is 0.333. The highest BCUT2D eigenvalue weighted by atomic mass is 16.5. The van der Waals surface area contributed by atoms with E-state index in [2.05, 4.69) is 9.88 Å². The maximum Gasteiger partial charge on any atom is 0.164 e. The van der Waals surface area contributed by atoms with Crippen molar-refractivity contribution in [2.45, 2.75) is 19.0 Å². The standard InChI is InChI=1S/C18H20N2O2/c21-18(16-4-2-1-3-5-16)12-17-14-22-11-10-20(17)13-15-6-8-19-9-7-15/h1-9,17H,10-14H2/t17-/m1/s1. The van der Waals surface area contributed by atoms with Gasteiger partial charge in [0.05, 0.1) is 13.2 Å². The molecule has 0 bridgehead atoms. The Hall–Kier alpha value is -2.04. The number of ether oxygens (including phenoxy) is 1. The Bertz CT molecular complexity index is 601. The van der Waals surface area contributed by atoms with Gasteiger partial charge < -0.3 is 4.74 Å². The van der Waals surface area contributed by atoms with E-state index in [1.54, 1.807) is 12.4 Å². The summed E-state index contributed by atoms with van der Waals surface area (Å²) >= 11 is 0. The van der Waals surface area contributed by atoms with Crippen molar-refractivity contribution in [3.05, 3.63) is 66.0 Å². The van der Waals surface area contributed by atoms with Crippen LogP contribution in [0.2, 0.25) is 0 Å². The molecule has 22 heavy (non-hydrogen) atoms. The second-order valence-electron chi connectivity index (χ2n) is 5.55. The molecule has 4 heteroatoms. The molecular weight excluding hydrogens is 276 g/mol. The number of carbonyl (C=O) groups excluding carboxylic acids is 1. The Kier molecular flexibility index (Phi) is 4.93. The number of benzene rings is 1. The van der Waals surface area contributed by atoms with E-state index in [0.29, 0.717) is 13.0 Å². The number of aromatic nitrogens is 1. The van der Waals surface area contributed by atoms with Crippen molar-refractivity contribution in [2.75, 3.05) is 19.8 Å². The molecule has 4 nitrogen and oxygen atoms in total. The van der Waals surface area contributed by atoms with Crippen molar-refractivity contribution < 1.29 is 9.53 Å². The summed E-state index contributed by atoms with van der Waals surface area (Å²) in [7, 11) is 0. The Morgan fingerprint density at radius 2 is 1.95 bits per heavy atom. The number of morpholine rings is 1. The summed E-state index contributed by atoms with van der Waals surface area (Å²) in [5, 5.41) is 0. The maximum atomic E-state index is 12.4. The highest BCUT2D eigenvalue weighted by Crippen LogP contribution is 2.17. The smallest absolute Gasteiger partial charge is 0.164 e.